The number of anilines is 1. The second-order valence-corrected chi connectivity index (χ2v) is 9.03. The van der Waals surface area contributed by atoms with Crippen molar-refractivity contribution in [3.05, 3.63) is 28.8 Å². The third-order valence-corrected chi connectivity index (χ3v) is 7.26. The standard InChI is InChI=1S/C22H29ClN2O3/c1-15(26)24-10-8-22(9-11-24)14-25(20-7-6-17(23)13-19(20)22)21(27)16-4-3-5-18(12-16)28-2/h6-7,13,16,18H,3-5,8-12,14H2,1-2H3. The summed E-state index contributed by atoms with van der Waals surface area (Å²) in [5.74, 6) is 0.366. The van der Waals surface area contributed by atoms with Gasteiger partial charge in [0.25, 0.3) is 0 Å². The minimum absolute atomic E-state index is 0.0229. The molecule has 1 saturated heterocycles. The van der Waals surface area contributed by atoms with E-state index in [1.165, 1.54) is 5.56 Å². The molecule has 0 aromatic heterocycles. The van der Waals surface area contributed by atoms with E-state index in [1.54, 1.807) is 14.0 Å². The van der Waals surface area contributed by atoms with Crippen LogP contribution in [0.2, 0.25) is 5.02 Å². The highest BCUT2D eigenvalue weighted by Crippen LogP contribution is 2.48. The number of amides is 2. The molecule has 28 heavy (non-hydrogen) atoms. The maximum Gasteiger partial charge on any atom is 0.230 e. The first-order chi connectivity index (χ1) is 13.4. The van der Waals surface area contributed by atoms with Gasteiger partial charge >= 0.3 is 0 Å². The van der Waals surface area contributed by atoms with Gasteiger partial charge in [-0.05, 0) is 55.9 Å². The Balaban J connectivity index is 1.61. The van der Waals surface area contributed by atoms with Crippen LogP contribution in [0.5, 0.6) is 0 Å². The lowest BCUT2D eigenvalue weighted by molar-refractivity contribution is -0.130. The van der Waals surface area contributed by atoms with Crippen molar-refractivity contribution in [1.82, 2.24) is 4.90 Å². The predicted molar refractivity (Wildman–Crippen MR) is 110 cm³/mol. The van der Waals surface area contributed by atoms with Crippen LogP contribution >= 0.6 is 11.6 Å². The Morgan fingerprint density at radius 3 is 2.64 bits per heavy atom. The van der Waals surface area contributed by atoms with E-state index < -0.39 is 0 Å². The van der Waals surface area contributed by atoms with Crippen molar-refractivity contribution in [3.63, 3.8) is 0 Å². The topological polar surface area (TPSA) is 49.9 Å². The monoisotopic (exact) mass is 404 g/mol. The summed E-state index contributed by atoms with van der Waals surface area (Å²) in [6.45, 7) is 3.79. The molecule has 0 radical (unpaired) electrons. The average Bonchev–Trinajstić information content (AvgIpc) is 3.01. The van der Waals surface area contributed by atoms with E-state index >= 15 is 0 Å². The van der Waals surface area contributed by atoms with Gasteiger partial charge in [-0.1, -0.05) is 18.0 Å². The van der Waals surface area contributed by atoms with Crippen LogP contribution in [-0.4, -0.2) is 49.6 Å². The fraction of sp³-hybridized carbons (Fsp3) is 0.636. The molecule has 1 spiro atoms. The van der Waals surface area contributed by atoms with Crippen LogP contribution < -0.4 is 4.90 Å². The van der Waals surface area contributed by atoms with Crippen LogP contribution in [0.15, 0.2) is 18.2 Å². The van der Waals surface area contributed by atoms with Gasteiger partial charge in [0.15, 0.2) is 0 Å². The van der Waals surface area contributed by atoms with E-state index in [4.69, 9.17) is 16.3 Å². The van der Waals surface area contributed by atoms with Gasteiger partial charge in [0.2, 0.25) is 11.8 Å². The van der Waals surface area contributed by atoms with Crippen LogP contribution in [0.1, 0.15) is 51.0 Å². The second kappa shape index (κ2) is 7.68. The van der Waals surface area contributed by atoms with E-state index in [0.717, 1.165) is 57.3 Å². The lowest BCUT2D eigenvalue weighted by atomic mass is 9.74. The van der Waals surface area contributed by atoms with E-state index in [2.05, 4.69) is 0 Å². The van der Waals surface area contributed by atoms with Gasteiger partial charge < -0.3 is 14.5 Å². The van der Waals surface area contributed by atoms with Gasteiger partial charge in [-0.3, -0.25) is 9.59 Å². The van der Waals surface area contributed by atoms with Crippen molar-refractivity contribution < 1.29 is 14.3 Å². The van der Waals surface area contributed by atoms with Crippen molar-refractivity contribution in [1.29, 1.82) is 0 Å². The predicted octanol–water partition coefficient (Wildman–Crippen LogP) is 3.77. The number of benzene rings is 1. The van der Waals surface area contributed by atoms with Gasteiger partial charge in [-0.25, -0.2) is 0 Å². The average molecular weight is 405 g/mol. The van der Waals surface area contributed by atoms with Gasteiger partial charge in [-0.15, -0.1) is 0 Å². The molecule has 1 aromatic carbocycles. The first-order valence-electron chi connectivity index (χ1n) is 10.3. The molecule has 2 aliphatic heterocycles. The first-order valence-corrected chi connectivity index (χ1v) is 10.7. The number of likely N-dealkylation sites (tertiary alicyclic amines) is 1. The number of piperidine rings is 1. The highest BCUT2D eigenvalue weighted by molar-refractivity contribution is 6.30. The highest BCUT2D eigenvalue weighted by atomic mass is 35.5. The first kappa shape index (κ1) is 19.7. The summed E-state index contributed by atoms with van der Waals surface area (Å²) in [5.41, 5.74) is 2.08. The number of fused-ring (bicyclic) bond motifs is 2. The lowest BCUT2D eigenvalue weighted by Gasteiger charge is -2.40. The molecule has 2 atom stereocenters. The molecule has 6 heteroatoms. The van der Waals surface area contributed by atoms with E-state index in [9.17, 15) is 9.59 Å². The molecule has 152 valence electrons. The number of nitrogens with zero attached hydrogens (tertiary/aromatic N) is 2. The van der Waals surface area contributed by atoms with Gasteiger partial charge in [0, 0.05) is 55.7 Å². The maximum atomic E-state index is 13.5. The Hall–Kier alpha value is -1.59. The van der Waals surface area contributed by atoms with Gasteiger partial charge in [0.1, 0.15) is 0 Å². The molecule has 2 fully saturated rings. The summed E-state index contributed by atoms with van der Waals surface area (Å²) in [7, 11) is 1.74. The molecule has 1 saturated carbocycles. The number of carbonyl (C=O) groups is 2. The molecule has 3 aliphatic rings. The van der Waals surface area contributed by atoms with Crippen LogP contribution in [0, 0.1) is 5.92 Å². The summed E-state index contributed by atoms with van der Waals surface area (Å²) in [5, 5.41) is 0.707. The number of hydrogen-bond acceptors (Lipinski definition) is 3. The zero-order valence-electron chi connectivity index (χ0n) is 16.7. The lowest BCUT2D eigenvalue weighted by Crippen LogP contribution is -2.48. The normalized spacial score (nSPS) is 26.4. The van der Waals surface area contributed by atoms with Crippen molar-refractivity contribution in [2.75, 3.05) is 31.6 Å². The van der Waals surface area contributed by atoms with E-state index in [-0.39, 0.29) is 29.3 Å². The van der Waals surface area contributed by atoms with E-state index in [0.29, 0.717) is 11.6 Å². The van der Waals surface area contributed by atoms with Gasteiger partial charge in [-0.2, -0.15) is 0 Å². The molecular formula is C22H29ClN2O3. The smallest absolute Gasteiger partial charge is 0.230 e. The second-order valence-electron chi connectivity index (χ2n) is 8.59. The van der Waals surface area contributed by atoms with Crippen molar-refractivity contribution in [3.8, 4) is 0 Å². The number of hydrogen-bond donors (Lipinski definition) is 0. The SMILES string of the molecule is COC1CCCC(C(=O)N2CC3(CCN(C(C)=O)CC3)c3cc(Cl)ccc32)C1. The summed E-state index contributed by atoms with van der Waals surface area (Å²) in [4.78, 5) is 29.2. The Kier molecular flexibility index (Phi) is 5.41. The van der Waals surface area contributed by atoms with E-state index in [1.807, 2.05) is 28.0 Å². The molecule has 2 amide bonds. The number of halogens is 1. The third kappa shape index (κ3) is 3.43. The molecule has 0 N–H and O–H groups in total. The zero-order chi connectivity index (χ0) is 19.9. The number of carbonyl (C=O) groups excluding carboxylic acids is 2. The molecule has 5 nitrogen and oxygen atoms in total. The zero-order valence-corrected chi connectivity index (χ0v) is 17.5. The summed E-state index contributed by atoms with van der Waals surface area (Å²) in [6.07, 6.45) is 5.74. The van der Waals surface area contributed by atoms with Crippen LogP contribution in [0.4, 0.5) is 5.69 Å². The quantitative estimate of drug-likeness (QED) is 0.753. The third-order valence-electron chi connectivity index (χ3n) is 7.02. The van der Waals surface area contributed by atoms with Crippen LogP contribution in [-0.2, 0) is 19.7 Å². The van der Waals surface area contributed by atoms with Crippen molar-refractivity contribution >= 4 is 29.1 Å². The van der Waals surface area contributed by atoms with Gasteiger partial charge in [0.05, 0.1) is 6.10 Å². The summed E-state index contributed by atoms with van der Waals surface area (Å²) >= 11 is 6.33. The number of ether oxygens (including phenoxy) is 1. The van der Waals surface area contributed by atoms with Crippen molar-refractivity contribution in [2.45, 2.75) is 57.0 Å². The molecular weight excluding hydrogens is 376 g/mol. The van der Waals surface area contributed by atoms with Crippen LogP contribution in [0.25, 0.3) is 0 Å². The Labute approximate surface area is 172 Å². The largest absolute Gasteiger partial charge is 0.381 e. The number of rotatable bonds is 2. The molecule has 0 bridgehead atoms. The molecule has 4 rings (SSSR count). The Morgan fingerprint density at radius 2 is 1.96 bits per heavy atom. The summed E-state index contributed by atoms with van der Waals surface area (Å²) < 4.78 is 5.54. The van der Waals surface area contributed by atoms with Crippen molar-refractivity contribution in [2.24, 2.45) is 5.92 Å². The Morgan fingerprint density at radius 1 is 1.21 bits per heavy atom. The number of methoxy groups -OCH3 is 1. The van der Waals surface area contributed by atoms with Crippen LogP contribution in [0.3, 0.4) is 0 Å². The maximum absolute atomic E-state index is 13.5. The molecule has 1 aromatic rings. The molecule has 2 unspecified atom stereocenters. The highest BCUT2D eigenvalue weighted by Gasteiger charge is 2.47. The summed E-state index contributed by atoms with van der Waals surface area (Å²) in [6, 6.07) is 5.91. The minimum atomic E-state index is -0.100. The minimum Gasteiger partial charge on any atom is -0.381 e. The fourth-order valence-corrected chi connectivity index (χ4v) is 5.49. The molecule has 1 aliphatic carbocycles. The fourth-order valence-electron chi connectivity index (χ4n) is 5.32. The molecule has 2 heterocycles. The Bertz CT molecular complexity index is 773.